The van der Waals surface area contributed by atoms with E-state index in [1.807, 2.05) is 12.4 Å². The highest BCUT2D eigenvalue weighted by atomic mass is 15.1. The second-order valence-electron chi connectivity index (χ2n) is 5.38. The molecular weight excluding hydrogens is 236 g/mol. The molecule has 1 N–H and O–H groups in total. The summed E-state index contributed by atoms with van der Waals surface area (Å²) >= 11 is 0. The van der Waals surface area contributed by atoms with Crippen LogP contribution in [0.25, 0.3) is 11.0 Å². The quantitative estimate of drug-likeness (QED) is 0.920. The molecule has 2 aromatic heterocycles. The molecule has 3 heterocycles. The van der Waals surface area contributed by atoms with Gasteiger partial charge in [0, 0.05) is 12.7 Å². The molecule has 1 fully saturated rings. The summed E-state index contributed by atoms with van der Waals surface area (Å²) in [4.78, 5) is 9.00. The fourth-order valence-corrected chi connectivity index (χ4v) is 3.16. The maximum atomic E-state index is 4.81. The van der Waals surface area contributed by atoms with Crippen molar-refractivity contribution in [1.82, 2.24) is 19.9 Å². The van der Waals surface area contributed by atoms with Crippen LogP contribution in [0.4, 0.5) is 0 Å². The van der Waals surface area contributed by atoms with Crippen molar-refractivity contribution in [3.05, 3.63) is 24.3 Å². The Bertz CT molecular complexity index is 560. The van der Waals surface area contributed by atoms with Gasteiger partial charge in [-0.25, -0.2) is 4.98 Å². The third-order valence-electron chi connectivity index (χ3n) is 4.30. The van der Waals surface area contributed by atoms with Gasteiger partial charge in [-0.2, -0.15) is 0 Å². The van der Waals surface area contributed by atoms with E-state index in [4.69, 9.17) is 4.98 Å². The van der Waals surface area contributed by atoms with Gasteiger partial charge in [-0.3, -0.25) is 4.98 Å². The first-order valence-electron chi connectivity index (χ1n) is 7.37. The normalized spacial score (nSPS) is 23.9. The minimum absolute atomic E-state index is 0.394. The van der Waals surface area contributed by atoms with E-state index in [0.717, 1.165) is 24.5 Å². The van der Waals surface area contributed by atoms with E-state index in [9.17, 15) is 0 Å². The molecule has 19 heavy (non-hydrogen) atoms. The van der Waals surface area contributed by atoms with E-state index in [1.54, 1.807) is 0 Å². The van der Waals surface area contributed by atoms with Gasteiger partial charge >= 0.3 is 0 Å². The van der Waals surface area contributed by atoms with Crippen LogP contribution in [0, 0.1) is 5.92 Å². The van der Waals surface area contributed by atoms with E-state index in [-0.39, 0.29) is 0 Å². The van der Waals surface area contributed by atoms with Crippen LogP contribution in [0.5, 0.6) is 0 Å². The summed E-state index contributed by atoms with van der Waals surface area (Å²) in [5.41, 5.74) is 2.22. The Hall–Kier alpha value is -1.42. The average Bonchev–Trinajstić information content (AvgIpc) is 2.86. The van der Waals surface area contributed by atoms with E-state index in [2.05, 4.69) is 34.8 Å². The number of imidazole rings is 1. The maximum absolute atomic E-state index is 4.81. The molecule has 2 aromatic rings. The van der Waals surface area contributed by atoms with Crippen LogP contribution in [-0.2, 0) is 6.54 Å². The first-order chi connectivity index (χ1) is 9.33. The molecule has 1 saturated heterocycles. The minimum Gasteiger partial charge on any atom is -0.327 e. The second-order valence-corrected chi connectivity index (χ2v) is 5.38. The molecule has 0 aliphatic carbocycles. The van der Waals surface area contributed by atoms with Crippen molar-refractivity contribution in [3.8, 4) is 0 Å². The smallest absolute Gasteiger partial charge is 0.127 e. The van der Waals surface area contributed by atoms with Gasteiger partial charge < -0.3 is 9.88 Å². The number of nitrogens with zero attached hydrogens (tertiary/aromatic N) is 3. The zero-order valence-electron chi connectivity index (χ0n) is 11.8. The van der Waals surface area contributed by atoms with Crippen molar-refractivity contribution in [1.29, 1.82) is 0 Å². The van der Waals surface area contributed by atoms with Crippen LogP contribution >= 0.6 is 0 Å². The number of fused-ring (bicyclic) bond motifs is 1. The predicted molar refractivity (Wildman–Crippen MR) is 77.0 cm³/mol. The van der Waals surface area contributed by atoms with Gasteiger partial charge in [-0.05, 0) is 38.3 Å². The number of nitrogens with one attached hydrogen (secondary N) is 1. The predicted octanol–water partition coefficient (Wildman–Crippen LogP) is 2.90. The Kier molecular flexibility index (Phi) is 3.51. The van der Waals surface area contributed by atoms with Gasteiger partial charge in [-0.15, -0.1) is 0 Å². The number of rotatable bonds is 3. The molecule has 102 valence electrons. The molecule has 3 rings (SSSR count). The highest BCUT2D eigenvalue weighted by Crippen LogP contribution is 2.30. The van der Waals surface area contributed by atoms with Crippen molar-refractivity contribution in [2.75, 3.05) is 6.54 Å². The minimum atomic E-state index is 0.394. The van der Waals surface area contributed by atoms with Gasteiger partial charge in [0.2, 0.25) is 0 Å². The molecule has 0 saturated carbocycles. The van der Waals surface area contributed by atoms with Gasteiger partial charge in [0.1, 0.15) is 11.3 Å². The zero-order valence-corrected chi connectivity index (χ0v) is 11.8. The monoisotopic (exact) mass is 258 g/mol. The topological polar surface area (TPSA) is 42.7 Å². The Morgan fingerprint density at radius 2 is 2.32 bits per heavy atom. The van der Waals surface area contributed by atoms with Crippen LogP contribution in [0.3, 0.4) is 0 Å². The van der Waals surface area contributed by atoms with E-state index < -0.39 is 0 Å². The van der Waals surface area contributed by atoms with E-state index >= 15 is 0 Å². The summed E-state index contributed by atoms with van der Waals surface area (Å²) in [6, 6.07) is 2.46. The standard InChI is InChI=1S/C15H22N4/c1-3-11-5-8-17-12(9-11)15-18-13-10-16-7-6-14(13)19(15)4-2/h6-7,10-12,17H,3-5,8-9H2,1-2H3. The number of hydrogen-bond donors (Lipinski definition) is 1. The van der Waals surface area contributed by atoms with Gasteiger partial charge in [-0.1, -0.05) is 13.3 Å². The molecule has 0 aromatic carbocycles. The van der Waals surface area contributed by atoms with Gasteiger partial charge in [0.15, 0.2) is 0 Å². The zero-order chi connectivity index (χ0) is 13.2. The van der Waals surface area contributed by atoms with Crippen molar-refractivity contribution in [3.63, 3.8) is 0 Å². The summed E-state index contributed by atoms with van der Waals surface area (Å²) in [5, 5.41) is 3.63. The van der Waals surface area contributed by atoms with Crippen molar-refractivity contribution < 1.29 is 0 Å². The van der Waals surface area contributed by atoms with Crippen molar-refractivity contribution >= 4 is 11.0 Å². The van der Waals surface area contributed by atoms with E-state index in [0.29, 0.717) is 6.04 Å². The fourth-order valence-electron chi connectivity index (χ4n) is 3.16. The van der Waals surface area contributed by atoms with Crippen LogP contribution in [-0.4, -0.2) is 21.1 Å². The van der Waals surface area contributed by atoms with Crippen LogP contribution < -0.4 is 5.32 Å². The summed E-state index contributed by atoms with van der Waals surface area (Å²) in [6.07, 6.45) is 7.48. The van der Waals surface area contributed by atoms with Crippen LogP contribution in [0.2, 0.25) is 0 Å². The summed E-state index contributed by atoms with van der Waals surface area (Å²) in [6.45, 7) is 6.55. The largest absolute Gasteiger partial charge is 0.327 e. The third kappa shape index (κ3) is 2.25. The summed E-state index contributed by atoms with van der Waals surface area (Å²) in [5.74, 6) is 2.01. The van der Waals surface area contributed by atoms with E-state index in [1.165, 1.54) is 30.6 Å². The molecule has 2 unspecified atom stereocenters. The van der Waals surface area contributed by atoms with Crippen molar-refractivity contribution in [2.45, 2.75) is 45.7 Å². The first kappa shape index (κ1) is 12.6. The summed E-state index contributed by atoms with van der Waals surface area (Å²) in [7, 11) is 0. The molecule has 2 atom stereocenters. The van der Waals surface area contributed by atoms with Crippen molar-refractivity contribution in [2.24, 2.45) is 5.92 Å². The Morgan fingerprint density at radius 1 is 1.42 bits per heavy atom. The Balaban J connectivity index is 1.99. The first-order valence-corrected chi connectivity index (χ1v) is 7.37. The number of piperidine rings is 1. The molecule has 4 nitrogen and oxygen atoms in total. The van der Waals surface area contributed by atoms with Gasteiger partial charge in [0.05, 0.1) is 17.8 Å². The molecular formula is C15H22N4. The highest BCUT2D eigenvalue weighted by Gasteiger charge is 2.25. The number of hydrogen-bond acceptors (Lipinski definition) is 3. The summed E-state index contributed by atoms with van der Waals surface area (Å²) < 4.78 is 2.33. The number of pyridine rings is 1. The van der Waals surface area contributed by atoms with Crippen LogP contribution in [0.1, 0.15) is 45.0 Å². The maximum Gasteiger partial charge on any atom is 0.127 e. The molecule has 1 aliphatic heterocycles. The Labute approximate surface area is 114 Å². The molecule has 4 heteroatoms. The molecule has 0 amide bonds. The SMILES string of the molecule is CCC1CCNC(c2nc3cnccc3n2CC)C1. The number of aromatic nitrogens is 3. The fraction of sp³-hybridized carbons (Fsp3) is 0.600. The lowest BCUT2D eigenvalue weighted by Gasteiger charge is -2.29. The van der Waals surface area contributed by atoms with Gasteiger partial charge in [0.25, 0.3) is 0 Å². The second kappa shape index (κ2) is 5.29. The Morgan fingerprint density at radius 3 is 3.11 bits per heavy atom. The number of aryl methyl sites for hydroxylation is 1. The highest BCUT2D eigenvalue weighted by molar-refractivity contribution is 5.74. The molecule has 0 radical (unpaired) electrons. The van der Waals surface area contributed by atoms with Crippen LogP contribution in [0.15, 0.2) is 18.5 Å². The lowest BCUT2D eigenvalue weighted by molar-refractivity contribution is 0.287. The molecule has 1 aliphatic rings. The lowest BCUT2D eigenvalue weighted by atomic mass is 9.90. The average molecular weight is 258 g/mol. The molecule has 0 spiro atoms. The molecule has 0 bridgehead atoms. The lowest BCUT2D eigenvalue weighted by Crippen LogP contribution is -2.33. The third-order valence-corrected chi connectivity index (χ3v) is 4.30.